The van der Waals surface area contributed by atoms with Crippen molar-refractivity contribution in [3.8, 4) is 11.3 Å². The highest BCUT2D eigenvalue weighted by Gasteiger charge is 2.23. The lowest BCUT2D eigenvalue weighted by Gasteiger charge is -2.16. The summed E-state index contributed by atoms with van der Waals surface area (Å²) >= 11 is 0. The van der Waals surface area contributed by atoms with Gasteiger partial charge < -0.3 is 0 Å². The maximum atomic E-state index is 13.3. The van der Waals surface area contributed by atoms with Gasteiger partial charge in [0.05, 0.1) is 5.69 Å². The van der Waals surface area contributed by atoms with Gasteiger partial charge in [0, 0.05) is 36.5 Å². The Balaban J connectivity index is 2.14. The van der Waals surface area contributed by atoms with E-state index in [0.717, 1.165) is 29.5 Å². The van der Waals surface area contributed by atoms with E-state index in [1.807, 2.05) is 19.1 Å². The molecule has 0 fully saturated rings. The van der Waals surface area contributed by atoms with Crippen LogP contribution in [-0.4, -0.2) is 22.4 Å². The Morgan fingerprint density at radius 1 is 1.07 bits per heavy atom. The van der Waals surface area contributed by atoms with E-state index in [4.69, 9.17) is 0 Å². The third kappa shape index (κ3) is 4.27. The monoisotopic (exact) mass is 383 g/mol. The number of hydrogen-bond acceptors (Lipinski definition) is 4. The van der Waals surface area contributed by atoms with Gasteiger partial charge in [-0.1, -0.05) is 20.8 Å². The average molecular weight is 384 g/mol. The first kappa shape index (κ1) is 19.3. The Morgan fingerprint density at radius 3 is 2.44 bits per heavy atom. The Labute approximate surface area is 161 Å². The van der Waals surface area contributed by atoms with Gasteiger partial charge in [-0.25, -0.2) is 12.4 Å². The Kier molecular flexibility index (Phi) is 5.20. The largest absolute Gasteiger partial charge is 0.269 e. The van der Waals surface area contributed by atoms with Gasteiger partial charge in [-0.3, -0.25) is 9.97 Å². The molecule has 27 heavy (non-hydrogen) atoms. The molecule has 0 aliphatic heterocycles. The molecule has 0 amide bonds. The zero-order chi connectivity index (χ0) is 19.7. The van der Waals surface area contributed by atoms with E-state index < -0.39 is 10.0 Å². The average Bonchev–Trinajstić information content (AvgIpc) is 3.05. The smallest absolute Gasteiger partial charge is 0.264 e. The fourth-order valence-electron chi connectivity index (χ4n) is 2.89. The van der Waals surface area contributed by atoms with Crippen LogP contribution in [0.1, 0.15) is 38.3 Å². The third-order valence-electron chi connectivity index (χ3n) is 4.51. The summed E-state index contributed by atoms with van der Waals surface area (Å²) in [7, 11) is -3.74. The minimum absolute atomic E-state index is 0.172. The van der Waals surface area contributed by atoms with E-state index >= 15 is 0 Å². The summed E-state index contributed by atoms with van der Waals surface area (Å²) in [6.07, 6.45) is 9.88. The number of pyridine rings is 2. The molecule has 0 atom stereocenters. The molecule has 5 nitrogen and oxygen atoms in total. The Morgan fingerprint density at radius 2 is 1.81 bits per heavy atom. The van der Waals surface area contributed by atoms with Crippen LogP contribution in [-0.2, 0) is 16.4 Å². The number of aromatic nitrogens is 3. The summed E-state index contributed by atoms with van der Waals surface area (Å²) < 4.78 is 27.9. The lowest BCUT2D eigenvalue weighted by atomic mass is 9.89. The molecular formula is C21H25N3O2S. The van der Waals surface area contributed by atoms with Crippen molar-refractivity contribution in [2.45, 2.75) is 45.4 Å². The lowest BCUT2D eigenvalue weighted by molar-refractivity contribution is 0.378. The van der Waals surface area contributed by atoms with Crippen molar-refractivity contribution in [3.63, 3.8) is 0 Å². The van der Waals surface area contributed by atoms with Crippen LogP contribution in [0.25, 0.3) is 11.3 Å². The molecule has 0 bridgehead atoms. The van der Waals surface area contributed by atoms with E-state index in [2.05, 4.69) is 30.7 Å². The van der Waals surface area contributed by atoms with Gasteiger partial charge in [0.15, 0.2) is 0 Å². The van der Waals surface area contributed by atoms with Crippen molar-refractivity contribution in [1.82, 2.24) is 13.9 Å². The topological polar surface area (TPSA) is 64.8 Å². The van der Waals surface area contributed by atoms with Gasteiger partial charge in [0.25, 0.3) is 10.0 Å². The maximum absolute atomic E-state index is 13.3. The molecular weight excluding hydrogens is 358 g/mol. The predicted octanol–water partition coefficient (Wildman–Crippen LogP) is 4.47. The van der Waals surface area contributed by atoms with E-state index in [0.29, 0.717) is 5.69 Å². The van der Waals surface area contributed by atoms with E-state index in [9.17, 15) is 8.42 Å². The molecule has 0 N–H and O–H groups in total. The van der Waals surface area contributed by atoms with Crippen molar-refractivity contribution < 1.29 is 8.42 Å². The van der Waals surface area contributed by atoms with Gasteiger partial charge in [-0.15, -0.1) is 0 Å². The lowest BCUT2D eigenvalue weighted by Crippen LogP contribution is -2.14. The van der Waals surface area contributed by atoms with Crippen LogP contribution >= 0.6 is 0 Å². The molecule has 3 aromatic heterocycles. The van der Waals surface area contributed by atoms with E-state index in [-0.39, 0.29) is 10.3 Å². The normalized spacial score (nSPS) is 12.3. The molecule has 3 aromatic rings. The predicted molar refractivity (Wildman–Crippen MR) is 107 cm³/mol. The van der Waals surface area contributed by atoms with Crippen LogP contribution in [0.5, 0.6) is 0 Å². The fraction of sp³-hybridized carbons (Fsp3) is 0.333. The molecule has 0 aliphatic carbocycles. The number of aryl methyl sites for hydroxylation is 2. The summed E-state index contributed by atoms with van der Waals surface area (Å²) in [5, 5.41) is 0. The molecule has 0 aromatic carbocycles. The van der Waals surface area contributed by atoms with Crippen LogP contribution in [0.3, 0.4) is 0 Å². The van der Waals surface area contributed by atoms with Crippen LogP contribution in [0.2, 0.25) is 0 Å². The second-order valence-corrected chi connectivity index (χ2v) is 9.79. The van der Waals surface area contributed by atoms with Crippen LogP contribution in [0.15, 0.2) is 60.1 Å². The van der Waals surface area contributed by atoms with Gasteiger partial charge in [0.1, 0.15) is 4.90 Å². The highest BCUT2D eigenvalue weighted by Crippen LogP contribution is 2.30. The molecule has 3 heterocycles. The first-order chi connectivity index (χ1) is 12.7. The molecule has 0 saturated heterocycles. The fourth-order valence-corrected chi connectivity index (χ4v) is 4.25. The molecule has 3 rings (SSSR count). The molecule has 0 unspecified atom stereocenters. The second-order valence-electron chi connectivity index (χ2n) is 7.97. The quantitative estimate of drug-likeness (QED) is 0.652. The molecule has 6 heteroatoms. The van der Waals surface area contributed by atoms with Crippen molar-refractivity contribution in [3.05, 3.63) is 66.4 Å². The van der Waals surface area contributed by atoms with Gasteiger partial charge in [-0.2, -0.15) is 0 Å². The summed E-state index contributed by atoms with van der Waals surface area (Å²) in [5.74, 6) is 0. The zero-order valence-electron chi connectivity index (χ0n) is 16.2. The van der Waals surface area contributed by atoms with Gasteiger partial charge in [0.2, 0.25) is 0 Å². The zero-order valence-corrected chi connectivity index (χ0v) is 17.0. The summed E-state index contributed by atoms with van der Waals surface area (Å²) in [5.41, 5.74) is 3.60. The minimum atomic E-state index is -3.74. The number of rotatable bonds is 5. The third-order valence-corrected chi connectivity index (χ3v) is 6.17. The Bertz CT molecular complexity index is 1030. The number of nitrogens with zero attached hydrogens (tertiary/aromatic N) is 3. The summed E-state index contributed by atoms with van der Waals surface area (Å²) in [6.45, 7) is 8.51. The van der Waals surface area contributed by atoms with Crippen LogP contribution in [0, 0.1) is 12.3 Å². The van der Waals surface area contributed by atoms with Crippen molar-refractivity contribution in [2.75, 3.05) is 0 Å². The molecule has 0 saturated carbocycles. The Hall–Kier alpha value is -2.47. The maximum Gasteiger partial charge on any atom is 0.269 e. The molecule has 0 aliphatic rings. The molecule has 0 radical (unpaired) electrons. The van der Waals surface area contributed by atoms with E-state index in [1.54, 1.807) is 36.9 Å². The highest BCUT2D eigenvalue weighted by molar-refractivity contribution is 7.90. The summed E-state index contributed by atoms with van der Waals surface area (Å²) in [6, 6.07) is 7.05. The highest BCUT2D eigenvalue weighted by atomic mass is 32.2. The first-order valence-corrected chi connectivity index (χ1v) is 10.4. The first-order valence-electron chi connectivity index (χ1n) is 8.96. The van der Waals surface area contributed by atoms with Gasteiger partial charge >= 0.3 is 0 Å². The summed E-state index contributed by atoms with van der Waals surface area (Å²) in [4.78, 5) is 8.33. The van der Waals surface area contributed by atoms with Crippen molar-refractivity contribution in [2.24, 2.45) is 5.41 Å². The number of hydrogen-bond donors (Lipinski definition) is 0. The van der Waals surface area contributed by atoms with Crippen LogP contribution < -0.4 is 0 Å². The molecule has 142 valence electrons. The van der Waals surface area contributed by atoms with Crippen molar-refractivity contribution in [1.29, 1.82) is 0 Å². The standard InChI is InChI=1S/C21H25N3O2S/c1-16-8-11-23-14-19(16)20-12-17(7-9-21(2,3)4)15-24(20)27(25,26)18-6-5-10-22-13-18/h5-6,8,10-15H,7,9H2,1-4H3. The second kappa shape index (κ2) is 7.27. The van der Waals surface area contributed by atoms with Crippen LogP contribution in [0.4, 0.5) is 0 Å². The van der Waals surface area contributed by atoms with Gasteiger partial charge in [-0.05, 0) is 60.6 Å². The molecule has 0 spiro atoms. The SMILES string of the molecule is Cc1ccncc1-c1cc(CCC(C)(C)C)cn1S(=O)(=O)c1cccnc1. The minimum Gasteiger partial charge on any atom is -0.264 e. The van der Waals surface area contributed by atoms with Crippen molar-refractivity contribution >= 4 is 10.0 Å². The van der Waals surface area contributed by atoms with E-state index in [1.165, 1.54) is 10.2 Å².